The lowest BCUT2D eigenvalue weighted by atomic mass is 10.0. The average molecular weight is 351 g/mol. The number of piperidine rings is 1. The van der Waals surface area contributed by atoms with Gasteiger partial charge in [-0.2, -0.15) is 0 Å². The minimum absolute atomic E-state index is 0.103. The zero-order chi connectivity index (χ0) is 18.4. The van der Waals surface area contributed by atoms with E-state index in [1.165, 1.54) is 0 Å². The number of rotatable bonds is 6. The molecule has 0 aromatic heterocycles. The van der Waals surface area contributed by atoms with E-state index < -0.39 is 0 Å². The summed E-state index contributed by atoms with van der Waals surface area (Å²) in [6.45, 7) is 1.49. The molecule has 2 aromatic carbocycles. The maximum absolute atomic E-state index is 12.5. The first-order valence-corrected chi connectivity index (χ1v) is 9.10. The number of hydrogen-bond acceptors (Lipinski definition) is 3. The van der Waals surface area contributed by atoms with Crippen LogP contribution in [0.1, 0.15) is 35.2 Å². The average Bonchev–Trinajstić information content (AvgIpc) is 2.68. The summed E-state index contributed by atoms with van der Waals surface area (Å²) in [6.07, 6.45) is 2.80. The topological polar surface area (TPSA) is 75.4 Å². The van der Waals surface area contributed by atoms with Crippen molar-refractivity contribution in [2.24, 2.45) is 5.73 Å². The highest BCUT2D eigenvalue weighted by molar-refractivity contribution is 5.94. The van der Waals surface area contributed by atoms with Crippen molar-refractivity contribution in [3.8, 4) is 0 Å². The number of nitrogens with zero attached hydrogens (tertiary/aromatic N) is 1. The van der Waals surface area contributed by atoms with Gasteiger partial charge in [0.05, 0.1) is 0 Å². The lowest BCUT2D eigenvalue weighted by Gasteiger charge is -2.33. The van der Waals surface area contributed by atoms with Gasteiger partial charge in [-0.1, -0.05) is 36.4 Å². The van der Waals surface area contributed by atoms with E-state index in [-0.39, 0.29) is 11.8 Å². The quantitative estimate of drug-likeness (QED) is 0.840. The summed E-state index contributed by atoms with van der Waals surface area (Å²) in [7, 11) is 0. The van der Waals surface area contributed by atoms with E-state index in [2.05, 4.69) is 5.32 Å². The molecule has 5 heteroatoms. The summed E-state index contributed by atoms with van der Waals surface area (Å²) in [5.41, 5.74) is 8.18. The number of primary amides is 1. The third kappa shape index (κ3) is 4.63. The second-order valence-corrected chi connectivity index (χ2v) is 6.70. The molecule has 0 saturated carbocycles. The predicted octanol–water partition coefficient (Wildman–Crippen LogP) is 2.82. The highest BCUT2D eigenvalue weighted by Crippen LogP contribution is 2.22. The van der Waals surface area contributed by atoms with Gasteiger partial charge in [0.2, 0.25) is 5.91 Å². The molecule has 0 spiro atoms. The molecule has 136 valence electrons. The minimum Gasteiger partial charge on any atom is -0.382 e. The second-order valence-electron chi connectivity index (χ2n) is 6.70. The molecule has 0 unspecified atom stereocenters. The van der Waals surface area contributed by atoms with Crippen LogP contribution in [-0.4, -0.2) is 35.8 Å². The van der Waals surface area contributed by atoms with Gasteiger partial charge in [-0.05, 0) is 43.0 Å². The van der Waals surface area contributed by atoms with Gasteiger partial charge in [0, 0.05) is 36.8 Å². The number of aryl methyl sites for hydroxylation is 1. The fourth-order valence-electron chi connectivity index (χ4n) is 3.35. The SMILES string of the molecule is NC(=O)CCc1ccccc1NC1CCN(C(=O)c2ccccc2)CC1. The van der Waals surface area contributed by atoms with E-state index in [4.69, 9.17) is 5.73 Å². The number of carbonyl (C=O) groups is 2. The number of carbonyl (C=O) groups excluding carboxylic acids is 2. The Morgan fingerprint density at radius 3 is 2.35 bits per heavy atom. The number of benzene rings is 2. The number of anilines is 1. The number of nitrogens with one attached hydrogen (secondary N) is 1. The molecule has 1 aliphatic heterocycles. The van der Waals surface area contributed by atoms with Gasteiger partial charge in [-0.25, -0.2) is 0 Å². The molecule has 1 fully saturated rings. The summed E-state index contributed by atoms with van der Waals surface area (Å²) in [4.78, 5) is 25.5. The van der Waals surface area contributed by atoms with Crippen molar-refractivity contribution in [1.29, 1.82) is 0 Å². The molecule has 0 atom stereocenters. The summed E-state index contributed by atoms with van der Waals surface area (Å²) in [5.74, 6) is -0.182. The first kappa shape index (κ1) is 18.0. The molecular formula is C21H25N3O2. The fraction of sp³-hybridized carbons (Fsp3) is 0.333. The van der Waals surface area contributed by atoms with Crippen molar-refractivity contribution < 1.29 is 9.59 Å². The first-order valence-electron chi connectivity index (χ1n) is 9.10. The Morgan fingerprint density at radius 1 is 1.00 bits per heavy atom. The van der Waals surface area contributed by atoms with E-state index in [9.17, 15) is 9.59 Å². The largest absolute Gasteiger partial charge is 0.382 e. The molecular weight excluding hydrogens is 326 g/mol. The normalized spacial score (nSPS) is 14.8. The van der Waals surface area contributed by atoms with Gasteiger partial charge in [0.15, 0.2) is 0 Å². The van der Waals surface area contributed by atoms with E-state index in [1.807, 2.05) is 59.5 Å². The Kier molecular flexibility index (Phi) is 5.89. The zero-order valence-electron chi connectivity index (χ0n) is 14.9. The monoisotopic (exact) mass is 351 g/mol. The van der Waals surface area contributed by atoms with Crippen molar-refractivity contribution in [3.05, 3.63) is 65.7 Å². The van der Waals surface area contributed by atoms with Crippen LogP contribution >= 0.6 is 0 Å². The van der Waals surface area contributed by atoms with E-state index >= 15 is 0 Å². The molecule has 1 saturated heterocycles. The third-order valence-electron chi connectivity index (χ3n) is 4.82. The Morgan fingerprint density at radius 2 is 1.65 bits per heavy atom. The van der Waals surface area contributed by atoms with Crippen LogP contribution in [0.2, 0.25) is 0 Å². The summed E-state index contributed by atoms with van der Waals surface area (Å²) in [5, 5.41) is 3.58. The van der Waals surface area contributed by atoms with Crippen LogP contribution in [0, 0.1) is 0 Å². The van der Waals surface area contributed by atoms with Crippen molar-refractivity contribution in [1.82, 2.24) is 4.90 Å². The molecule has 0 aliphatic carbocycles. The standard InChI is InChI=1S/C21H25N3O2/c22-20(25)11-10-16-6-4-5-9-19(16)23-18-12-14-24(15-13-18)21(26)17-7-2-1-3-8-17/h1-9,18,23H,10-15H2,(H2,22,25). The maximum Gasteiger partial charge on any atom is 0.253 e. The number of likely N-dealkylation sites (tertiary alicyclic amines) is 1. The predicted molar refractivity (Wildman–Crippen MR) is 103 cm³/mol. The van der Waals surface area contributed by atoms with Gasteiger partial charge in [0.25, 0.3) is 5.91 Å². The van der Waals surface area contributed by atoms with Gasteiger partial charge in [0.1, 0.15) is 0 Å². The Bertz CT molecular complexity index is 753. The molecule has 5 nitrogen and oxygen atoms in total. The van der Waals surface area contributed by atoms with Crippen LogP contribution in [0.15, 0.2) is 54.6 Å². The Labute approximate surface area is 154 Å². The molecule has 0 bridgehead atoms. The van der Waals surface area contributed by atoms with Gasteiger partial charge >= 0.3 is 0 Å². The second kappa shape index (κ2) is 8.52. The smallest absolute Gasteiger partial charge is 0.253 e. The number of para-hydroxylation sites is 1. The van der Waals surface area contributed by atoms with Crippen molar-refractivity contribution in [2.75, 3.05) is 18.4 Å². The lowest BCUT2D eigenvalue weighted by Crippen LogP contribution is -2.42. The number of amides is 2. The van der Waals surface area contributed by atoms with Crippen LogP contribution in [-0.2, 0) is 11.2 Å². The molecule has 0 radical (unpaired) electrons. The summed E-state index contributed by atoms with van der Waals surface area (Å²) >= 11 is 0. The van der Waals surface area contributed by atoms with Crippen LogP contribution in [0.5, 0.6) is 0 Å². The van der Waals surface area contributed by atoms with Gasteiger partial charge < -0.3 is 16.0 Å². The Balaban J connectivity index is 1.56. The van der Waals surface area contributed by atoms with E-state index in [0.29, 0.717) is 18.9 Å². The molecule has 1 aliphatic rings. The highest BCUT2D eigenvalue weighted by atomic mass is 16.2. The van der Waals surface area contributed by atoms with Crippen molar-refractivity contribution in [2.45, 2.75) is 31.7 Å². The lowest BCUT2D eigenvalue weighted by molar-refractivity contribution is -0.117. The van der Waals surface area contributed by atoms with Gasteiger partial charge in [-0.3, -0.25) is 9.59 Å². The zero-order valence-corrected chi connectivity index (χ0v) is 14.9. The fourth-order valence-corrected chi connectivity index (χ4v) is 3.35. The van der Waals surface area contributed by atoms with Crippen LogP contribution in [0.3, 0.4) is 0 Å². The molecule has 3 N–H and O–H groups in total. The highest BCUT2D eigenvalue weighted by Gasteiger charge is 2.23. The summed E-state index contributed by atoms with van der Waals surface area (Å²) < 4.78 is 0. The van der Waals surface area contributed by atoms with Crippen LogP contribution < -0.4 is 11.1 Å². The molecule has 2 amide bonds. The van der Waals surface area contributed by atoms with E-state index in [0.717, 1.165) is 42.7 Å². The van der Waals surface area contributed by atoms with Crippen molar-refractivity contribution >= 4 is 17.5 Å². The molecule has 2 aromatic rings. The maximum atomic E-state index is 12.5. The molecule has 1 heterocycles. The number of hydrogen-bond donors (Lipinski definition) is 2. The van der Waals surface area contributed by atoms with Gasteiger partial charge in [-0.15, -0.1) is 0 Å². The number of nitrogens with two attached hydrogens (primary N) is 1. The summed E-state index contributed by atoms with van der Waals surface area (Å²) in [6, 6.07) is 17.8. The third-order valence-corrected chi connectivity index (χ3v) is 4.82. The van der Waals surface area contributed by atoms with E-state index in [1.54, 1.807) is 0 Å². The first-order chi connectivity index (χ1) is 12.6. The van der Waals surface area contributed by atoms with Crippen LogP contribution in [0.25, 0.3) is 0 Å². The molecule has 26 heavy (non-hydrogen) atoms. The van der Waals surface area contributed by atoms with Crippen LogP contribution in [0.4, 0.5) is 5.69 Å². The molecule has 3 rings (SSSR count). The minimum atomic E-state index is -0.285. The van der Waals surface area contributed by atoms with Crippen molar-refractivity contribution in [3.63, 3.8) is 0 Å². The Hall–Kier alpha value is -2.82.